The Morgan fingerprint density at radius 2 is 2.05 bits per heavy atom. The minimum absolute atomic E-state index is 0.0139. The molecule has 0 aliphatic rings. The van der Waals surface area contributed by atoms with E-state index in [1.165, 1.54) is 6.07 Å². The molecule has 0 atom stereocenters. The Bertz CT molecular complexity index is 471. The van der Waals surface area contributed by atoms with Crippen LogP contribution >= 0.6 is 0 Å². The van der Waals surface area contributed by atoms with Crippen molar-refractivity contribution in [3.8, 4) is 0 Å². The summed E-state index contributed by atoms with van der Waals surface area (Å²) in [6.07, 6.45) is 3.13. The maximum atomic E-state index is 11.6. The summed E-state index contributed by atoms with van der Waals surface area (Å²) < 4.78 is 5.24. The molecule has 1 amide bonds. The second-order valence-electron chi connectivity index (χ2n) is 4.64. The fourth-order valence-electron chi connectivity index (χ4n) is 1.75. The highest BCUT2D eigenvalue weighted by Gasteiger charge is 2.09. The molecule has 1 aromatic rings. The number of benzene rings is 1. The molecule has 0 aliphatic carbocycles. The number of nitrogens with one attached hydrogen (secondary N) is 1. The van der Waals surface area contributed by atoms with Crippen LogP contribution in [0.1, 0.15) is 42.1 Å². The summed E-state index contributed by atoms with van der Waals surface area (Å²) in [5.41, 5.74) is 1.31. The highest BCUT2D eigenvalue weighted by molar-refractivity contribution is 5.95. The molecule has 20 heavy (non-hydrogen) atoms. The highest BCUT2D eigenvalue weighted by Crippen LogP contribution is 2.15. The van der Waals surface area contributed by atoms with Gasteiger partial charge in [0.15, 0.2) is 0 Å². The number of ether oxygens (including phenoxy) is 1. The lowest BCUT2D eigenvalue weighted by molar-refractivity contribution is -0.120. The Morgan fingerprint density at radius 1 is 1.30 bits per heavy atom. The Kier molecular flexibility index (Phi) is 6.73. The first-order valence-electron chi connectivity index (χ1n) is 6.76. The number of unbranched alkanes of at least 4 members (excludes halogenated alkanes) is 2. The molecule has 0 spiro atoms. The van der Waals surface area contributed by atoms with E-state index in [1.807, 2.05) is 0 Å². The van der Waals surface area contributed by atoms with Gasteiger partial charge in [0.05, 0.1) is 5.56 Å². The molecule has 110 valence electrons. The van der Waals surface area contributed by atoms with Gasteiger partial charge in [0, 0.05) is 12.3 Å². The van der Waals surface area contributed by atoms with Crippen molar-refractivity contribution in [1.82, 2.24) is 0 Å². The molecule has 0 aliphatic heterocycles. The first-order chi connectivity index (χ1) is 9.54. The SMILES string of the molecule is CCCCCOCC(=O)Nc1ccc(C)c(C(=O)O)c1. The maximum Gasteiger partial charge on any atom is 0.336 e. The van der Waals surface area contributed by atoms with E-state index < -0.39 is 5.97 Å². The van der Waals surface area contributed by atoms with Crippen LogP contribution in [0.5, 0.6) is 0 Å². The molecule has 1 rings (SSSR count). The Morgan fingerprint density at radius 3 is 2.70 bits per heavy atom. The van der Waals surface area contributed by atoms with Crippen LogP contribution in [0.25, 0.3) is 0 Å². The first-order valence-corrected chi connectivity index (χ1v) is 6.76. The van der Waals surface area contributed by atoms with Crippen molar-refractivity contribution < 1.29 is 19.4 Å². The monoisotopic (exact) mass is 279 g/mol. The molecule has 2 N–H and O–H groups in total. The van der Waals surface area contributed by atoms with Gasteiger partial charge in [-0.1, -0.05) is 25.8 Å². The topological polar surface area (TPSA) is 75.6 Å². The van der Waals surface area contributed by atoms with Gasteiger partial charge in [0.1, 0.15) is 6.61 Å². The van der Waals surface area contributed by atoms with Gasteiger partial charge >= 0.3 is 5.97 Å². The number of carbonyl (C=O) groups is 2. The molecule has 0 bridgehead atoms. The third-order valence-corrected chi connectivity index (χ3v) is 2.88. The fraction of sp³-hybridized carbons (Fsp3) is 0.467. The first kappa shape index (κ1) is 16.2. The quantitative estimate of drug-likeness (QED) is 0.717. The van der Waals surface area contributed by atoms with Crippen LogP contribution in [0.3, 0.4) is 0 Å². The van der Waals surface area contributed by atoms with E-state index in [9.17, 15) is 9.59 Å². The van der Waals surface area contributed by atoms with E-state index in [-0.39, 0.29) is 18.1 Å². The average Bonchev–Trinajstić information content (AvgIpc) is 2.40. The van der Waals surface area contributed by atoms with E-state index in [4.69, 9.17) is 9.84 Å². The van der Waals surface area contributed by atoms with Gasteiger partial charge in [-0.05, 0) is 31.0 Å². The lowest BCUT2D eigenvalue weighted by atomic mass is 10.1. The number of aromatic carboxylic acids is 1. The number of carboxylic acids is 1. The minimum Gasteiger partial charge on any atom is -0.478 e. The standard InChI is InChI=1S/C15H21NO4/c1-3-4-5-8-20-10-14(17)16-12-7-6-11(2)13(9-12)15(18)19/h6-7,9H,3-5,8,10H2,1-2H3,(H,16,17)(H,18,19). The Balaban J connectivity index is 2.46. The summed E-state index contributed by atoms with van der Waals surface area (Å²) in [5, 5.41) is 11.6. The molecule has 0 fully saturated rings. The van der Waals surface area contributed by atoms with Gasteiger partial charge in [-0.2, -0.15) is 0 Å². The number of rotatable bonds is 8. The minimum atomic E-state index is -1.01. The van der Waals surface area contributed by atoms with Crippen LogP contribution in [0.15, 0.2) is 18.2 Å². The van der Waals surface area contributed by atoms with Crippen LogP contribution < -0.4 is 5.32 Å². The third-order valence-electron chi connectivity index (χ3n) is 2.88. The lowest BCUT2D eigenvalue weighted by Gasteiger charge is -2.08. The molecular formula is C15H21NO4. The number of aryl methyl sites for hydroxylation is 1. The summed E-state index contributed by atoms with van der Waals surface area (Å²) in [5.74, 6) is -1.28. The second-order valence-corrected chi connectivity index (χ2v) is 4.64. The van der Waals surface area contributed by atoms with Gasteiger partial charge in [0.25, 0.3) is 0 Å². The van der Waals surface area contributed by atoms with Crippen LogP contribution in [-0.4, -0.2) is 30.2 Å². The zero-order valence-electron chi connectivity index (χ0n) is 11.9. The predicted molar refractivity (Wildman–Crippen MR) is 77.1 cm³/mol. The van der Waals surface area contributed by atoms with E-state index in [1.54, 1.807) is 19.1 Å². The highest BCUT2D eigenvalue weighted by atomic mass is 16.5. The van der Waals surface area contributed by atoms with Crippen molar-refractivity contribution in [1.29, 1.82) is 0 Å². The Labute approximate surface area is 118 Å². The van der Waals surface area contributed by atoms with Crippen LogP contribution in [0.4, 0.5) is 5.69 Å². The molecule has 0 heterocycles. The number of carbonyl (C=O) groups excluding carboxylic acids is 1. The molecule has 0 aromatic heterocycles. The zero-order valence-corrected chi connectivity index (χ0v) is 11.9. The van der Waals surface area contributed by atoms with E-state index in [0.29, 0.717) is 17.9 Å². The Hall–Kier alpha value is -1.88. The van der Waals surface area contributed by atoms with Gasteiger partial charge in [0.2, 0.25) is 5.91 Å². The van der Waals surface area contributed by atoms with Crippen molar-refractivity contribution in [2.75, 3.05) is 18.5 Å². The van der Waals surface area contributed by atoms with Gasteiger partial charge < -0.3 is 15.2 Å². The predicted octanol–water partition coefficient (Wildman–Crippen LogP) is 2.84. The van der Waals surface area contributed by atoms with Crippen molar-refractivity contribution in [3.63, 3.8) is 0 Å². The number of amides is 1. The summed E-state index contributed by atoms with van der Waals surface area (Å²) in [7, 11) is 0. The molecular weight excluding hydrogens is 258 g/mol. The largest absolute Gasteiger partial charge is 0.478 e. The summed E-state index contributed by atoms with van der Waals surface area (Å²) in [6.45, 7) is 4.37. The van der Waals surface area contributed by atoms with Crippen LogP contribution in [0, 0.1) is 6.92 Å². The summed E-state index contributed by atoms with van der Waals surface area (Å²) in [4.78, 5) is 22.6. The van der Waals surface area contributed by atoms with Crippen molar-refractivity contribution >= 4 is 17.6 Å². The normalized spacial score (nSPS) is 10.3. The molecule has 1 aromatic carbocycles. The average molecular weight is 279 g/mol. The van der Waals surface area contributed by atoms with Crippen molar-refractivity contribution in [2.45, 2.75) is 33.1 Å². The number of anilines is 1. The molecule has 0 saturated heterocycles. The van der Waals surface area contributed by atoms with Gasteiger partial charge in [-0.3, -0.25) is 4.79 Å². The summed E-state index contributed by atoms with van der Waals surface area (Å²) in [6, 6.07) is 4.80. The van der Waals surface area contributed by atoms with E-state index >= 15 is 0 Å². The number of hydrogen-bond donors (Lipinski definition) is 2. The number of hydrogen-bond acceptors (Lipinski definition) is 3. The third kappa shape index (κ3) is 5.40. The smallest absolute Gasteiger partial charge is 0.336 e. The van der Waals surface area contributed by atoms with E-state index in [0.717, 1.165) is 19.3 Å². The zero-order chi connectivity index (χ0) is 15.0. The molecule has 5 heteroatoms. The van der Waals surface area contributed by atoms with Crippen molar-refractivity contribution in [3.05, 3.63) is 29.3 Å². The van der Waals surface area contributed by atoms with Gasteiger partial charge in [-0.25, -0.2) is 4.79 Å². The molecule has 5 nitrogen and oxygen atoms in total. The van der Waals surface area contributed by atoms with Crippen LogP contribution in [0.2, 0.25) is 0 Å². The molecule has 0 unspecified atom stereocenters. The molecule has 0 saturated carbocycles. The number of carboxylic acid groups (broad SMARTS) is 1. The van der Waals surface area contributed by atoms with E-state index in [2.05, 4.69) is 12.2 Å². The van der Waals surface area contributed by atoms with Gasteiger partial charge in [-0.15, -0.1) is 0 Å². The van der Waals surface area contributed by atoms with Crippen molar-refractivity contribution in [2.24, 2.45) is 0 Å². The lowest BCUT2D eigenvalue weighted by Crippen LogP contribution is -2.19. The maximum absolute atomic E-state index is 11.6. The fourth-order valence-corrected chi connectivity index (χ4v) is 1.75. The van der Waals surface area contributed by atoms with Crippen LogP contribution in [-0.2, 0) is 9.53 Å². The molecule has 0 radical (unpaired) electrons. The second kappa shape index (κ2) is 8.32. The summed E-state index contributed by atoms with van der Waals surface area (Å²) >= 11 is 0.